The molecule has 5 nitrogen and oxygen atoms in total. The van der Waals surface area contributed by atoms with Gasteiger partial charge in [-0.05, 0) is 48.6 Å². The smallest absolute Gasteiger partial charge is 0.355 e. The quantitative estimate of drug-likeness (QED) is 0.581. The highest BCUT2D eigenvalue weighted by atomic mass is 16.5. The number of carbonyl (C=O) groups excluding carboxylic acids is 2. The number of para-hydroxylation sites is 1. The molecule has 0 unspecified atom stereocenters. The Labute approximate surface area is 149 Å². The third-order valence-electron chi connectivity index (χ3n) is 4.71. The van der Waals surface area contributed by atoms with Gasteiger partial charge in [0.05, 0.1) is 0 Å². The molecule has 26 heavy (non-hydrogen) atoms. The van der Waals surface area contributed by atoms with Crippen LogP contribution in [-0.2, 0) is 17.6 Å². The minimum Gasteiger partial charge on any atom is -0.453 e. The zero-order valence-electron chi connectivity index (χ0n) is 14.1. The number of carbonyl (C=O) groups is 2. The number of H-pyrrole nitrogens is 1. The molecular weight excluding hydrogens is 330 g/mol. The van der Waals surface area contributed by atoms with Crippen LogP contribution in [0.4, 0.5) is 0 Å². The Morgan fingerprint density at radius 2 is 1.81 bits per heavy atom. The van der Waals surface area contributed by atoms with Gasteiger partial charge in [0.25, 0.3) is 0 Å². The second-order valence-electron chi connectivity index (χ2n) is 6.43. The number of Topliss-reactive ketones (excluding diaryl/α,β-unsaturated/α-hetero) is 1. The molecule has 0 atom stereocenters. The molecule has 0 saturated heterocycles. The first-order valence-corrected chi connectivity index (χ1v) is 8.56. The van der Waals surface area contributed by atoms with Crippen molar-refractivity contribution in [3.05, 3.63) is 81.1 Å². The van der Waals surface area contributed by atoms with Gasteiger partial charge < -0.3 is 9.72 Å². The lowest BCUT2D eigenvalue weighted by Gasteiger charge is -2.07. The van der Waals surface area contributed by atoms with Crippen LogP contribution in [0.1, 0.15) is 38.4 Å². The number of aryl methyl sites for hydroxylation is 2. The van der Waals surface area contributed by atoms with Gasteiger partial charge in [0.2, 0.25) is 0 Å². The minimum absolute atomic E-state index is 0.0375. The summed E-state index contributed by atoms with van der Waals surface area (Å²) < 4.78 is 5.11. The van der Waals surface area contributed by atoms with Gasteiger partial charge in [0.15, 0.2) is 17.8 Å². The van der Waals surface area contributed by atoms with Gasteiger partial charge in [-0.25, -0.2) is 4.79 Å². The molecule has 1 aliphatic carbocycles. The summed E-state index contributed by atoms with van der Waals surface area (Å²) in [6.07, 6.45) is 3.14. The van der Waals surface area contributed by atoms with E-state index in [0.717, 1.165) is 19.3 Å². The first kappa shape index (κ1) is 16.3. The molecule has 0 radical (unpaired) electrons. The molecule has 1 N–H and O–H groups in total. The van der Waals surface area contributed by atoms with Crippen LogP contribution in [0.5, 0.6) is 0 Å². The highest BCUT2D eigenvalue weighted by Gasteiger charge is 2.17. The van der Waals surface area contributed by atoms with Crippen LogP contribution in [0.15, 0.2) is 53.3 Å². The third kappa shape index (κ3) is 3.04. The lowest BCUT2D eigenvalue weighted by molar-refractivity contribution is 0.0469. The second-order valence-corrected chi connectivity index (χ2v) is 6.43. The average Bonchev–Trinajstić information content (AvgIpc) is 3.13. The van der Waals surface area contributed by atoms with Gasteiger partial charge in [0, 0.05) is 22.5 Å². The Hall–Kier alpha value is -3.21. The number of ether oxygens (including phenoxy) is 1. The number of esters is 1. The number of pyridine rings is 1. The maximum atomic E-state index is 12.3. The summed E-state index contributed by atoms with van der Waals surface area (Å²) >= 11 is 0. The second kappa shape index (κ2) is 6.59. The van der Waals surface area contributed by atoms with Crippen molar-refractivity contribution in [2.45, 2.75) is 19.3 Å². The van der Waals surface area contributed by atoms with Gasteiger partial charge in [-0.2, -0.15) is 0 Å². The van der Waals surface area contributed by atoms with E-state index in [1.807, 2.05) is 12.1 Å². The standard InChI is InChI=1S/C21H17NO4/c23-19-11-18(22-17-7-2-1-6-16(17)19)21(25)26-12-20(24)15-9-8-13-4-3-5-14(13)10-15/h1-2,6-11H,3-5,12H2,(H,22,23). The first-order valence-electron chi connectivity index (χ1n) is 8.56. The largest absolute Gasteiger partial charge is 0.453 e. The predicted molar refractivity (Wildman–Crippen MR) is 97.6 cm³/mol. The number of rotatable bonds is 4. The Morgan fingerprint density at radius 1 is 1.00 bits per heavy atom. The van der Waals surface area contributed by atoms with Crippen molar-refractivity contribution in [2.75, 3.05) is 6.61 Å². The van der Waals surface area contributed by atoms with E-state index < -0.39 is 5.97 Å². The number of fused-ring (bicyclic) bond motifs is 2. The molecule has 0 saturated carbocycles. The average molecular weight is 347 g/mol. The van der Waals surface area contributed by atoms with Crippen LogP contribution in [0.2, 0.25) is 0 Å². The fourth-order valence-electron chi connectivity index (χ4n) is 3.34. The summed E-state index contributed by atoms with van der Waals surface area (Å²) in [6.45, 7) is -0.355. The van der Waals surface area contributed by atoms with E-state index >= 15 is 0 Å². The molecule has 1 aromatic heterocycles. The number of nitrogens with one attached hydrogen (secondary N) is 1. The van der Waals surface area contributed by atoms with Crippen LogP contribution >= 0.6 is 0 Å². The van der Waals surface area contributed by atoms with Crippen molar-refractivity contribution in [2.24, 2.45) is 0 Å². The maximum Gasteiger partial charge on any atom is 0.355 e. The summed E-state index contributed by atoms with van der Waals surface area (Å²) in [7, 11) is 0. The molecule has 2 aromatic carbocycles. The number of aromatic amines is 1. The Balaban J connectivity index is 1.48. The predicted octanol–water partition coefficient (Wildman–Crippen LogP) is 3.06. The molecule has 5 heteroatoms. The SMILES string of the molecule is O=C(COC(=O)c1cc(=O)c2ccccc2[nH]1)c1ccc2c(c1)CCC2. The molecule has 0 bridgehead atoms. The van der Waals surface area contributed by atoms with Crippen LogP contribution in [0.3, 0.4) is 0 Å². The van der Waals surface area contributed by atoms with Gasteiger partial charge in [-0.15, -0.1) is 0 Å². The van der Waals surface area contributed by atoms with E-state index in [1.54, 1.807) is 30.3 Å². The molecule has 1 heterocycles. The van der Waals surface area contributed by atoms with Crippen LogP contribution in [0, 0.1) is 0 Å². The van der Waals surface area contributed by atoms with Gasteiger partial charge in [-0.3, -0.25) is 9.59 Å². The van der Waals surface area contributed by atoms with Crippen molar-refractivity contribution in [3.63, 3.8) is 0 Å². The van der Waals surface area contributed by atoms with E-state index in [0.29, 0.717) is 16.5 Å². The van der Waals surface area contributed by atoms with E-state index in [2.05, 4.69) is 4.98 Å². The number of aromatic nitrogens is 1. The van der Waals surface area contributed by atoms with Crippen LogP contribution in [-0.4, -0.2) is 23.3 Å². The topological polar surface area (TPSA) is 76.2 Å². The highest BCUT2D eigenvalue weighted by Crippen LogP contribution is 2.23. The molecule has 130 valence electrons. The van der Waals surface area contributed by atoms with Crippen molar-refractivity contribution in [1.29, 1.82) is 0 Å². The summed E-state index contributed by atoms with van der Waals surface area (Å²) in [6, 6.07) is 13.7. The lowest BCUT2D eigenvalue weighted by atomic mass is 10.0. The fourth-order valence-corrected chi connectivity index (χ4v) is 3.34. The van der Waals surface area contributed by atoms with Gasteiger partial charge >= 0.3 is 5.97 Å². The third-order valence-corrected chi connectivity index (χ3v) is 4.71. The zero-order chi connectivity index (χ0) is 18.1. The van der Waals surface area contributed by atoms with E-state index in [-0.39, 0.29) is 23.5 Å². The Bertz CT molecular complexity index is 1080. The molecule has 0 fully saturated rings. The molecule has 0 aliphatic heterocycles. The maximum absolute atomic E-state index is 12.3. The van der Waals surface area contributed by atoms with E-state index in [9.17, 15) is 14.4 Å². The lowest BCUT2D eigenvalue weighted by Crippen LogP contribution is -2.17. The van der Waals surface area contributed by atoms with Crippen LogP contribution in [0.25, 0.3) is 10.9 Å². The summed E-state index contributed by atoms with van der Waals surface area (Å²) in [5, 5.41) is 0.498. The van der Waals surface area contributed by atoms with Crippen LogP contribution < -0.4 is 5.43 Å². The van der Waals surface area contributed by atoms with Crippen molar-refractivity contribution < 1.29 is 14.3 Å². The van der Waals surface area contributed by atoms with Crippen molar-refractivity contribution in [1.82, 2.24) is 4.98 Å². The first-order chi connectivity index (χ1) is 12.6. The monoisotopic (exact) mass is 347 g/mol. The Morgan fingerprint density at radius 3 is 2.69 bits per heavy atom. The van der Waals surface area contributed by atoms with Gasteiger partial charge in [-0.1, -0.05) is 24.3 Å². The summed E-state index contributed by atoms with van der Waals surface area (Å²) in [4.78, 5) is 39.5. The highest BCUT2D eigenvalue weighted by molar-refractivity contribution is 5.99. The fraction of sp³-hybridized carbons (Fsp3) is 0.190. The molecule has 4 rings (SSSR count). The van der Waals surface area contributed by atoms with E-state index in [4.69, 9.17) is 4.74 Å². The molecule has 3 aromatic rings. The molecular formula is C21H17NO4. The van der Waals surface area contributed by atoms with Crippen molar-refractivity contribution >= 4 is 22.7 Å². The van der Waals surface area contributed by atoms with E-state index in [1.165, 1.54) is 17.2 Å². The number of ketones is 1. The van der Waals surface area contributed by atoms with Crippen molar-refractivity contribution in [3.8, 4) is 0 Å². The summed E-state index contributed by atoms with van der Waals surface area (Å²) in [5.74, 6) is -0.974. The molecule has 1 aliphatic rings. The number of hydrogen-bond acceptors (Lipinski definition) is 4. The number of hydrogen-bond donors (Lipinski definition) is 1. The summed E-state index contributed by atoms with van der Waals surface area (Å²) in [5.41, 5.74) is 3.35. The zero-order valence-corrected chi connectivity index (χ0v) is 14.1. The number of benzene rings is 2. The minimum atomic E-state index is -0.720. The molecule has 0 amide bonds. The Kier molecular flexibility index (Phi) is 4.13. The van der Waals surface area contributed by atoms with Gasteiger partial charge in [0.1, 0.15) is 5.69 Å². The molecule has 0 spiro atoms. The normalized spacial score (nSPS) is 12.8.